The van der Waals surface area contributed by atoms with Crippen molar-refractivity contribution in [3.8, 4) is 16.9 Å². The molecule has 0 aliphatic carbocycles. The molecule has 4 nitrogen and oxygen atoms in total. The SMILES string of the molecule is COc1cc2occ(-c3ccccc3)c2cc1/C(C)=C/C(=O)Nc1cc(C)cc(C)c1. The van der Waals surface area contributed by atoms with Crippen molar-refractivity contribution in [3.63, 3.8) is 0 Å². The molecule has 0 radical (unpaired) electrons. The highest BCUT2D eigenvalue weighted by molar-refractivity contribution is 6.05. The number of fused-ring (bicyclic) bond motifs is 1. The molecule has 0 unspecified atom stereocenters. The molecule has 156 valence electrons. The zero-order valence-corrected chi connectivity index (χ0v) is 18.2. The van der Waals surface area contributed by atoms with Gasteiger partial charge in [-0.15, -0.1) is 0 Å². The first-order valence-corrected chi connectivity index (χ1v) is 10.2. The molecule has 0 aliphatic heterocycles. The van der Waals surface area contributed by atoms with Crippen LogP contribution in [0.3, 0.4) is 0 Å². The Morgan fingerprint density at radius 2 is 1.71 bits per heavy atom. The maximum absolute atomic E-state index is 12.7. The molecule has 1 amide bonds. The second-order valence-corrected chi connectivity index (χ2v) is 7.76. The molecule has 3 aromatic carbocycles. The number of aryl methyl sites for hydroxylation is 2. The number of allylic oxidation sites excluding steroid dienone is 1. The minimum Gasteiger partial charge on any atom is -0.496 e. The molecule has 0 atom stereocenters. The van der Waals surface area contributed by atoms with Crippen LogP contribution in [-0.4, -0.2) is 13.0 Å². The Hall–Kier alpha value is -3.79. The number of hydrogen-bond acceptors (Lipinski definition) is 3. The van der Waals surface area contributed by atoms with Gasteiger partial charge in [-0.05, 0) is 61.2 Å². The summed E-state index contributed by atoms with van der Waals surface area (Å²) < 4.78 is 11.4. The van der Waals surface area contributed by atoms with Crippen LogP contribution in [0.15, 0.2) is 77.4 Å². The fourth-order valence-electron chi connectivity index (χ4n) is 3.87. The van der Waals surface area contributed by atoms with Crippen LogP contribution in [0.4, 0.5) is 5.69 Å². The van der Waals surface area contributed by atoms with E-state index in [-0.39, 0.29) is 5.91 Å². The van der Waals surface area contributed by atoms with Gasteiger partial charge in [0.2, 0.25) is 5.91 Å². The third-order valence-electron chi connectivity index (χ3n) is 5.24. The smallest absolute Gasteiger partial charge is 0.248 e. The number of furan rings is 1. The molecule has 1 heterocycles. The highest BCUT2D eigenvalue weighted by Gasteiger charge is 2.15. The van der Waals surface area contributed by atoms with Crippen LogP contribution in [0.25, 0.3) is 27.7 Å². The van der Waals surface area contributed by atoms with Crippen molar-refractivity contribution in [3.05, 3.63) is 89.7 Å². The first-order valence-electron chi connectivity index (χ1n) is 10.2. The van der Waals surface area contributed by atoms with Gasteiger partial charge in [-0.2, -0.15) is 0 Å². The van der Waals surface area contributed by atoms with Crippen molar-refractivity contribution >= 4 is 28.1 Å². The van der Waals surface area contributed by atoms with E-state index in [1.807, 2.05) is 75.4 Å². The predicted octanol–water partition coefficient (Wildman–Crippen LogP) is 6.77. The minimum atomic E-state index is -0.180. The highest BCUT2D eigenvalue weighted by atomic mass is 16.5. The molecule has 0 spiro atoms. The summed E-state index contributed by atoms with van der Waals surface area (Å²) in [6.45, 7) is 5.94. The Morgan fingerprint density at radius 1 is 1.00 bits per heavy atom. The Kier molecular flexibility index (Phi) is 5.63. The van der Waals surface area contributed by atoms with Crippen molar-refractivity contribution in [2.45, 2.75) is 20.8 Å². The van der Waals surface area contributed by atoms with Gasteiger partial charge in [0.05, 0.1) is 13.4 Å². The average molecular weight is 412 g/mol. The number of anilines is 1. The van der Waals surface area contributed by atoms with E-state index < -0.39 is 0 Å². The summed E-state index contributed by atoms with van der Waals surface area (Å²) in [4.78, 5) is 12.7. The molecule has 31 heavy (non-hydrogen) atoms. The van der Waals surface area contributed by atoms with Crippen molar-refractivity contribution in [1.29, 1.82) is 0 Å². The standard InChI is InChI=1S/C27H25NO3/c1-17-10-18(2)12-21(11-17)28-27(29)13-19(3)22-14-23-24(20-8-6-5-7-9-20)16-31-26(23)15-25(22)30-4/h5-16H,1-4H3,(H,28,29)/b19-13+. The Bertz CT molecular complexity index is 1260. The van der Waals surface area contributed by atoms with E-state index >= 15 is 0 Å². The first kappa shape index (κ1) is 20.5. The Balaban J connectivity index is 1.70. The number of ether oxygens (including phenoxy) is 1. The van der Waals surface area contributed by atoms with Crippen molar-refractivity contribution in [2.24, 2.45) is 0 Å². The molecule has 0 bridgehead atoms. The molecule has 0 fully saturated rings. The van der Waals surface area contributed by atoms with E-state index in [2.05, 4.69) is 11.4 Å². The monoisotopic (exact) mass is 411 g/mol. The molecule has 1 aromatic heterocycles. The summed E-state index contributed by atoms with van der Waals surface area (Å²) in [6.07, 6.45) is 3.36. The van der Waals surface area contributed by atoms with Gasteiger partial charge in [0, 0.05) is 34.3 Å². The summed E-state index contributed by atoms with van der Waals surface area (Å²) in [5.41, 5.74) is 7.48. The molecule has 0 saturated heterocycles. The van der Waals surface area contributed by atoms with E-state index in [9.17, 15) is 4.79 Å². The Morgan fingerprint density at radius 3 is 2.39 bits per heavy atom. The summed E-state index contributed by atoms with van der Waals surface area (Å²) >= 11 is 0. The lowest BCUT2D eigenvalue weighted by Gasteiger charge is -2.11. The second kappa shape index (κ2) is 8.52. The fourth-order valence-corrected chi connectivity index (χ4v) is 3.87. The second-order valence-electron chi connectivity index (χ2n) is 7.76. The quantitative estimate of drug-likeness (QED) is 0.369. The number of benzene rings is 3. The fraction of sp³-hybridized carbons (Fsp3) is 0.148. The zero-order valence-electron chi connectivity index (χ0n) is 18.2. The number of rotatable bonds is 5. The van der Waals surface area contributed by atoms with Gasteiger partial charge < -0.3 is 14.5 Å². The number of methoxy groups -OCH3 is 1. The van der Waals surface area contributed by atoms with E-state index in [1.165, 1.54) is 0 Å². The summed E-state index contributed by atoms with van der Waals surface area (Å²) in [5.74, 6) is 0.481. The average Bonchev–Trinajstić information content (AvgIpc) is 3.15. The third kappa shape index (κ3) is 4.38. The van der Waals surface area contributed by atoms with Crippen LogP contribution in [-0.2, 0) is 4.79 Å². The molecule has 1 N–H and O–H groups in total. The summed E-state index contributed by atoms with van der Waals surface area (Å²) in [7, 11) is 1.62. The molecule has 4 rings (SSSR count). The lowest BCUT2D eigenvalue weighted by molar-refractivity contribution is -0.111. The van der Waals surface area contributed by atoms with Crippen LogP contribution < -0.4 is 10.1 Å². The lowest BCUT2D eigenvalue weighted by Crippen LogP contribution is -2.09. The number of hydrogen-bond donors (Lipinski definition) is 1. The van der Waals surface area contributed by atoms with Crippen LogP contribution in [0.2, 0.25) is 0 Å². The van der Waals surface area contributed by atoms with Crippen LogP contribution in [0.5, 0.6) is 5.75 Å². The lowest BCUT2D eigenvalue weighted by atomic mass is 9.99. The molecule has 4 aromatic rings. The molecule has 4 heteroatoms. The normalized spacial score (nSPS) is 11.5. The van der Waals surface area contributed by atoms with Gasteiger partial charge in [0.15, 0.2) is 0 Å². The van der Waals surface area contributed by atoms with E-state index in [1.54, 1.807) is 19.4 Å². The maximum atomic E-state index is 12.7. The van der Waals surface area contributed by atoms with Crippen molar-refractivity contribution in [1.82, 2.24) is 0 Å². The third-order valence-corrected chi connectivity index (χ3v) is 5.24. The molecule has 0 aliphatic rings. The van der Waals surface area contributed by atoms with Gasteiger partial charge in [0.25, 0.3) is 0 Å². The van der Waals surface area contributed by atoms with Gasteiger partial charge in [0.1, 0.15) is 11.3 Å². The first-order chi connectivity index (χ1) is 14.9. The van der Waals surface area contributed by atoms with Crippen LogP contribution >= 0.6 is 0 Å². The van der Waals surface area contributed by atoms with Crippen LogP contribution in [0, 0.1) is 13.8 Å². The molecular formula is C27H25NO3. The van der Waals surface area contributed by atoms with Crippen molar-refractivity contribution < 1.29 is 13.9 Å². The number of carbonyl (C=O) groups is 1. The predicted molar refractivity (Wildman–Crippen MR) is 126 cm³/mol. The van der Waals surface area contributed by atoms with E-state index in [4.69, 9.17) is 9.15 Å². The summed E-state index contributed by atoms with van der Waals surface area (Å²) in [6, 6.07) is 20.0. The van der Waals surface area contributed by atoms with Crippen molar-refractivity contribution in [2.75, 3.05) is 12.4 Å². The molecular weight excluding hydrogens is 386 g/mol. The number of carbonyl (C=O) groups excluding carboxylic acids is 1. The number of nitrogens with one attached hydrogen (secondary N) is 1. The highest BCUT2D eigenvalue weighted by Crippen LogP contribution is 2.37. The van der Waals surface area contributed by atoms with Gasteiger partial charge in [-0.3, -0.25) is 4.79 Å². The molecule has 0 saturated carbocycles. The van der Waals surface area contributed by atoms with Crippen LogP contribution in [0.1, 0.15) is 23.6 Å². The summed E-state index contributed by atoms with van der Waals surface area (Å²) in [5, 5.41) is 3.93. The Labute approximate surface area is 182 Å². The number of amides is 1. The van der Waals surface area contributed by atoms with Gasteiger partial charge in [-0.25, -0.2) is 0 Å². The van der Waals surface area contributed by atoms with E-state index in [0.717, 1.165) is 50.0 Å². The largest absolute Gasteiger partial charge is 0.496 e. The van der Waals surface area contributed by atoms with Gasteiger partial charge >= 0.3 is 0 Å². The van der Waals surface area contributed by atoms with Gasteiger partial charge in [-0.1, -0.05) is 36.4 Å². The zero-order chi connectivity index (χ0) is 22.0. The maximum Gasteiger partial charge on any atom is 0.248 e. The van der Waals surface area contributed by atoms with E-state index in [0.29, 0.717) is 5.75 Å². The topological polar surface area (TPSA) is 51.5 Å². The minimum absolute atomic E-state index is 0.180.